The Labute approximate surface area is 103 Å². The molecule has 2 rings (SSSR count). The van der Waals surface area contributed by atoms with Crippen LogP contribution in [0.25, 0.3) is 0 Å². The van der Waals surface area contributed by atoms with Crippen LogP contribution in [-0.2, 0) is 6.54 Å². The van der Waals surface area contributed by atoms with Crippen LogP contribution in [0.15, 0.2) is 4.52 Å². The zero-order valence-corrected chi connectivity index (χ0v) is 10.8. The summed E-state index contributed by atoms with van der Waals surface area (Å²) < 4.78 is 5.02. The van der Waals surface area contributed by atoms with Crippen molar-refractivity contribution < 1.29 is 4.52 Å². The van der Waals surface area contributed by atoms with E-state index in [1.807, 2.05) is 6.92 Å². The third kappa shape index (κ3) is 3.51. The molecule has 0 spiro atoms. The number of hydrogen-bond donors (Lipinski definition) is 1. The molecule has 0 bridgehead atoms. The standard InChI is InChI=1S/C12H22N4O/c1-3-13-8-11-6-4-5-7-16(11)9-12-14-10(2)17-15-12/h11,13H,3-9H2,1-2H3. The fourth-order valence-corrected chi connectivity index (χ4v) is 2.40. The maximum absolute atomic E-state index is 5.02. The van der Waals surface area contributed by atoms with E-state index in [4.69, 9.17) is 4.52 Å². The molecule has 0 saturated carbocycles. The van der Waals surface area contributed by atoms with Gasteiger partial charge in [-0.2, -0.15) is 4.98 Å². The van der Waals surface area contributed by atoms with Crippen LogP contribution < -0.4 is 5.32 Å². The second-order valence-electron chi connectivity index (χ2n) is 4.66. The van der Waals surface area contributed by atoms with Crippen LogP contribution in [0.1, 0.15) is 37.9 Å². The summed E-state index contributed by atoms with van der Waals surface area (Å²) in [7, 11) is 0. The molecular weight excluding hydrogens is 216 g/mol. The second-order valence-corrected chi connectivity index (χ2v) is 4.66. The molecule has 1 saturated heterocycles. The van der Waals surface area contributed by atoms with Gasteiger partial charge in [0.15, 0.2) is 5.82 Å². The predicted octanol–water partition coefficient (Wildman–Crippen LogP) is 1.34. The number of hydrogen-bond acceptors (Lipinski definition) is 5. The Morgan fingerprint density at radius 1 is 1.47 bits per heavy atom. The van der Waals surface area contributed by atoms with Crippen LogP contribution in [0, 0.1) is 6.92 Å². The van der Waals surface area contributed by atoms with Gasteiger partial charge >= 0.3 is 0 Å². The number of likely N-dealkylation sites (N-methyl/N-ethyl adjacent to an activating group) is 1. The van der Waals surface area contributed by atoms with Crippen LogP contribution in [0.3, 0.4) is 0 Å². The average molecular weight is 238 g/mol. The molecule has 1 aliphatic rings. The minimum absolute atomic E-state index is 0.613. The number of rotatable bonds is 5. The van der Waals surface area contributed by atoms with Crippen molar-refractivity contribution in [3.63, 3.8) is 0 Å². The Balaban J connectivity index is 1.91. The maximum atomic E-state index is 5.02. The van der Waals surface area contributed by atoms with Crippen LogP contribution in [0.5, 0.6) is 0 Å². The third-order valence-electron chi connectivity index (χ3n) is 3.29. The lowest BCUT2D eigenvalue weighted by atomic mass is 10.0. The van der Waals surface area contributed by atoms with Crippen LogP contribution in [-0.4, -0.2) is 40.7 Å². The molecule has 1 fully saturated rings. The smallest absolute Gasteiger partial charge is 0.223 e. The van der Waals surface area contributed by atoms with Crippen LogP contribution >= 0.6 is 0 Å². The van der Waals surface area contributed by atoms with E-state index in [0.29, 0.717) is 11.9 Å². The molecule has 1 aromatic heterocycles. The van der Waals surface area contributed by atoms with Crippen molar-refractivity contribution in [2.75, 3.05) is 19.6 Å². The Morgan fingerprint density at radius 2 is 2.35 bits per heavy atom. The van der Waals surface area contributed by atoms with Crippen molar-refractivity contribution in [1.29, 1.82) is 0 Å². The number of likely N-dealkylation sites (tertiary alicyclic amines) is 1. The lowest BCUT2D eigenvalue weighted by Gasteiger charge is -2.34. The molecule has 17 heavy (non-hydrogen) atoms. The minimum Gasteiger partial charge on any atom is -0.340 e. The zero-order chi connectivity index (χ0) is 12.1. The summed E-state index contributed by atoms with van der Waals surface area (Å²) in [5, 5.41) is 7.41. The molecule has 1 unspecified atom stereocenters. The highest BCUT2D eigenvalue weighted by Gasteiger charge is 2.23. The number of nitrogens with one attached hydrogen (secondary N) is 1. The molecule has 0 amide bonds. The highest BCUT2D eigenvalue weighted by atomic mass is 16.5. The Kier molecular flexibility index (Phi) is 4.50. The highest BCUT2D eigenvalue weighted by Crippen LogP contribution is 2.18. The van der Waals surface area contributed by atoms with Crippen molar-refractivity contribution in [3.8, 4) is 0 Å². The van der Waals surface area contributed by atoms with Crippen LogP contribution in [0.4, 0.5) is 0 Å². The summed E-state index contributed by atoms with van der Waals surface area (Å²) in [4.78, 5) is 6.75. The molecule has 96 valence electrons. The van der Waals surface area contributed by atoms with Crippen molar-refractivity contribution in [3.05, 3.63) is 11.7 Å². The monoisotopic (exact) mass is 238 g/mol. The molecule has 1 atom stereocenters. The first kappa shape index (κ1) is 12.5. The number of aryl methyl sites for hydroxylation is 1. The highest BCUT2D eigenvalue weighted by molar-refractivity contribution is 4.87. The van der Waals surface area contributed by atoms with Gasteiger partial charge in [-0.1, -0.05) is 18.5 Å². The first-order valence-corrected chi connectivity index (χ1v) is 6.53. The topological polar surface area (TPSA) is 54.2 Å². The summed E-state index contributed by atoms with van der Waals surface area (Å²) in [5.74, 6) is 1.46. The Bertz CT molecular complexity index is 339. The van der Waals surface area contributed by atoms with E-state index < -0.39 is 0 Å². The number of nitrogens with zero attached hydrogens (tertiary/aromatic N) is 3. The summed E-state index contributed by atoms with van der Waals surface area (Å²) in [6.45, 7) is 8.04. The van der Waals surface area contributed by atoms with E-state index in [9.17, 15) is 0 Å². The van der Waals surface area contributed by atoms with E-state index in [-0.39, 0.29) is 0 Å². The van der Waals surface area contributed by atoms with E-state index in [1.165, 1.54) is 19.3 Å². The summed E-state index contributed by atoms with van der Waals surface area (Å²) in [5.41, 5.74) is 0. The van der Waals surface area contributed by atoms with Crippen molar-refractivity contribution in [2.45, 2.75) is 45.7 Å². The molecule has 1 aliphatic heterocycles. The number of aromatic nitrogens is 2. The van der Waals surface area contributed by atoms with Crippen molar-refractivity contribution in [1.82, 2.24) is 20.4 Å². The SMILES string of the molecule is CCNCC1CCCCN1Cc1noc(C)n1. The van der Waals surface area contributed by atoms with Crippen molar-refractivity contribution >= 4 is 0 Å². The first-order chi connectivity index (χ1) is 8.29. The lowest BCUT2D eigenvalue weighted by Crippen LogP contribution is -2.45. The molecule has 5 nitrogen and oxygen atoms in total. The van der Waals surface area contributed by atoms with Gasteiger partial charge in [-0.3, -0.25) is 4.90 Å². The second kappa shape index (κ2) is 6.12. The summed E-state index contributed by atoms with van der Waals surface area (Å²) >= 11 is 0. The van der Waals surface area contributed by atoms with Gasteiger partial charge in [-0.15, -0.1) is 0 Å². The predicted molar refractivity (Wildman–Crippen MR) is 65.6 cm³/mol. The molecular formula is C12H22N4O. The van der Waals surface area contributed by atoms with E-state index in [1.54, 1.807) is 0 Å². The minimum atomic E-state index is 0.613. The summed E-state index contributed by atoms with van der Waals surface area (Å²) in [6.07, 6.45) is 3.88. The normalized spacial score (nSPS) is 21.9. The van der Waals surface area contributed by atoms with E-state index in [0.717, 1.165) is 32.0 Å². The van der Waals surface area contributed by atoms with Gasteiger partial charge in [0.25, 0.3) is 0 Å². The van der Waals surface area contributed by atoms with Gasteiger partial charge in [0.2, 0.25) is 5.89 Å². The third-order valence-corrected chi connectivity index (χ3v) is 3.29. The lowest BCUT2D eigenvalue weighted by molar-refractivity contribution is 0.133. The van der Waals surface area contributed by atoms with Gasteiger partial charge < -0.3 is 9.84 Å². The van der Waals surface area contributed by atoms with Gasteiger partial charge in [-0.25, -0.2) is 0 Å². The molecule has 2 heterocycles. The molecule has 5 heteroatoms. The van der Waals surface area contributed by atoms with Gasteiger partial charge in [0, 0.05) is 19.5 Å². The van der Waals surface area contributed by atoms with Gasteiger partial charge in [-0.05, 0) is 25.9 Å². The fourth-order valence-electron chi connectivity index (χ4n) is 2.40. The fraction of sp³-hybridized carbons (Fsp3) is 0.833. The molecule has 1 aromatic rings. The zero-order valence-electron chi connectivity index (χ0n) is 10.8. The molecule has 1 N–H and O–H groups in total. The largest absolute Gasteiger partial charge is 0.340 e. The molecule has 0 aliphatic carbocycles. The Morgan fingerprint density at radius 3 is 3.06 bits per heavy atom. The average Bonchev–Trinajstić information content (AvgIpc) is 2.74. The quantitative estimate of drug-likeness (QED) is 0.839. The molecule has 0 radical (unpaired) electrons. The van der Waals surface area contributed by atoms with Crippen LogP contribution in [0.2, 0.25) is 0 Å². The number of piperidine rings is 1. The van der Waals surface area contributed by atoms with Gasteiger partial charge in [0.1, 0.15) is 0 Å². The van der Waals surface area contributed by atoms with E-state index in [2.05, 4.69) is 27.3 Å². The maximum Gasteiger partial charge on any atom is 0.223 e. The molecule has 0 aromatic carbocycles. The van der Waals surface area contributed by atoms with E-state index >= 15 is 0 Å². The van der Waals surface area contributed by atoms with Crippen molar-refractivity contribution in [2.24, 2.45) is 0 Å². The summed E-state index contributed by atoms with van der Waals surface area (Å²) in [6, 6.07) is 0.613. The Hall–Kier alpha value is -0.940. The first-order valence-electron chi connectivity index (χ1n) is 6.53. The van der Waals surface area contributed by atoms with Gasteiger partial charge in [0.05, 0.1) is 6.54 Å².